The topological polar surface area (TPSA) is 69.3 Å². The smallest absolute Gasteiger partial charge is 0.251 e. The van der Waals surface area contributed by atoms with Gasteiger partial charge in [-0.15, -0.1) is 0 Å². The number of hydrogen-bond acceptors (Lipinski definition) is 6. The van der Waals surface area contributed by atoms with Crippen molar-refractivity contribution < 1.29 is 23.7 Å². The van der Waals surface area contributed by atoms with E-state index in [1.54, 1.807) is 12.1 Å². The van der Waals surface area contributed by atoms with Gasteiger partial charge in [-0.1, -0.05) is 0 Å². The molecule has 1 N–H and O–H groups in total. The van der Waals surface area contributed by atoms with Crippen molar-refractivity contribution >= 4 is 5.91 Å². The molecule has 0 radical (unpaired) electrons. The standard InChI is InChI=1S/C18H26N2O5/c1-22-15-8-12(9-16(23-2)17(15)24-3)18(21)19-13-10-25-11-14(13)20-6-4-5-7-20/h8-9,13-14H,4-7,10-11H2,1-3H3,(H,19,21)/t13-,14-/m1/s1. The Labute approximate surface area is 148 Å². The van der Waals surface area contributed by atoms with Crippen LogP contribution in [0.5, 0.6) is 17.2 Å². The Bertz CT molecular complexity index is 590. The molecular weight excluding hydrogens is 324 g/mol. The van der Waals surface area contributed by atoms with E-state index in [0.717, 1.165) is 13.1 Å². The molecule has 1 amide bonds. The molecule has 2 atom stereocenters. The number of hydrogen-bond donors (Lipinski definition) is 1. The summed E-state index contributed by atoms with van der Waals surface area (Å²) in [7, 11) is 4.61. The predicted octanol–water partition coefficient (Wildman–Crippen LogP) is 1.31. The van der Waals surface area contributed by atoms with Gasteiger partial charge in [-0.25, -0.2) is 0 Å². The molecule has 0 unspecified atom stereocenters. The Morgan fingerprint density at radius 1 is 1.08 bits per heavy atom. The number of likely N-dealkylation sites (tertiary alicyclic amines) is 1. The van der Waals surface area contributed by atoms with Crippen LogP contribution < -0.4 is 19.5 Å². The first-order valence-corrected chi connectivity index (χ1v) is 8.60. The molecular formula is C18H26N2O5. The van der Waals surface area contributed by atoms with E-state index in [1.807, 2.05) is 0 Å². The SMILES string of the molecule is COc1cc(C(=O)N[C@@H]2COC[C@H]2N2CCCC2)cc(OC)c1OC. The summed E-state index contributed by atoms with van der Waals surface area (Å²) >= 11 is 0. The van der Waals surface area contributed by atoms with E-state index in [9.17, 15) is 4.79 Å². The molecule has 138 valence electrons. The second-order valence-corrected chi connectivity index (χ2v) is 6.34. The molecule has 2 heterocycles. The first kappa shape index (κ1) is 17.8. The molecule has 1 aromatic carbocycles. The van der Waals surface area contributed by atoms with Gasteiger partial charge in [-0.3, -0.25) is 9.69 Å². The zero-order valence-electron chi connectivity index (χ0n) is 15.0. The molecule has 0 bridgehead atoms. The van der Waals surface area contributed by atoms with Crippen LogP contribution in [0.2, 0.25) is 0 Å². The third kappa shape index (κ3) is 3.67. The summed E-state index contributed by atoms with van der Waals surface area (Å²) in [5, 5.41) is 3.10. The molecule has 2 saturated heterocycles. The van der Waals surface area contributed by atoms with Crippen molar-refractivity contribution in [3.8, 4) is 17.2 Å². The minimum absolute atomic E-state index is 0.00954. The summed E-state index contributed by atoms with van der Waals surface area (Å²) in [6, 6.07) is 3.56. The molecule has 2 aliphatic rings. The number of rotatable bonds is 6. The lowest BCUT2D eigenvalue weighted by Crippen LogP contribution is -2.50. The van der Waals surface area contributed by atoms with Crippen molar-refractivity contribution in [3.05, 3.63) is 17.7 Å². The number of nitrogens with one attached hydrogen (secondary N) is 1. The van der Waals surface area contributed by atoms with Gasteiger partial charge in [-0.05, 0) is 38.1 Å². The highest BCUT2D eigenvalue weighted by Crippen LogP contribution is 2.38. The van der Waals surface area contributed by atoms with E-state index in [1.165, 1.54) is 34.2 Å². The van der Waals surface area contributed by atoms with Crippen LogP contribution in [0.25, 0.3) is 0 Å². The zero-order chi connectivity index (χ0) is 17.8. The summed E-state index contributed by atoms with van der Waals surface area (Å²) < 4.78 is 21.6. The molecule has 0 saturated carbocycles. The molecule has 0 spiro atoms. The van der Waals surface area contributed by atoms with Crippen molar-refractivity contribution in [1.82, 2.24) is 10.2 Å². The van der Waals surface area contributed by atoms with Crippen LogP contribution in [0.4, 0.5) is 0 Å². The maximum Gasteiger partial charge on any atom is 0.251 e. The third-order valence-corrected chi connectivity index (χ3v) is 4.90. The number of methoxy groups -OCH3 is 3. The summed E-state index contributed by atoms with van der Waals surface area (Å²) in [6.07, 6.45) is 2.42. The number of benzene rings is 1. The molecule has 3 rings (SSSR count). The van der Waals surface area contributed by atoms with E-state index < -0.39 is 0 Å². The van der Waals surface area contributed by atoms with E-state index in [-0.39, 0.29) is 18.0 Å². The monoisotopic (exact) mass is 350 g/mol. The number of carbonyl (C=O) groups excluding carboxylic acids is 1. The van der Waals surface area contributed by atoms with Gasteiger partial charge in [0.1, 0.15) is 0 Å². The van der Waals surface area contributed by atoms with Crippen molar-refractivity contribution in [1.29, 1.82) is 0 Å². The number of ether oxygens (including phenoxy) is 4. The molecule has 0 aromatic heterocycles. The van der Waals surface area contributed by atoms with Gasteiger partial charge in [0.05, 0.1) is 46.6 Å². The van der Waals surface area contributed by atoms with Gasteiger partial charge in [0.15, 0.2) is 11.5 Å². The van der Waals surface area contributed by atoms with Crippen LogP contribution in [-0.2, 0) is 4.74 Å². The van der Waals surface area contributed by atoms with Crippen molar-refractivity contribution in [2.24, 2.45) is 0 Å². The summed E-state index contributed by atoms with van der Waals surface area (Å²) in [5.74, 6) is 1.23. The van der Waals surface area contributed by atoms with Gasteiger partial charge in [-0.2, -0.15) is 0 Å². The summed E-state index contributed by atoms with van der Waals surface area (Å²) in [6.45, 7) is 3.35. The fourth-order valence-corrected chi connectivity index (χ4v) is 3.58. The highest BCUT2D eigenvalue weighted by molar-refractivity contribution is 5.96. The quantitative estimate of drug-likeness (QED) is 0.834. The Morgan fingerprint density at radius 3 is 2.28 bits per heavy atom. The molecule has 2 fully saturated rings. The Balaban J connectivity index is 1.76. The van der Waals surface area contributed by atoms with Crippen LogP contribution in [0.1, 0.15) is 23.2 Å². The maximum absolute atomic E-state index is 12.8. The van der Waals surface area contributed by atoms with Crippen LogP contribution in [0.3, 0.4) is 0 Å². The fraction of sp³-hybridized carbons (Fsp3) is 0.611. The molecule has 0 aliphatic carbocycles. The Hall–Kier alpha value is -1.99. The van der Waals surface area contributed by atoms with Gasteiger partial charge >= 0.3 is 0 Å². The molecule has 7 nitrogen and oxygen atoms in total. The fourth-order valence-electron chi connectivity index (χ4n) is 3.58. The Morgan fingerprint density at radius 2 is 1.72 bits per heavy atom. The van der Waals surface area contributed by atoms with Crippen molar-refractivity contribution in [2.45, 2.75) is 24.9 Å². The second-order valence-electron chi connectivity index (χ2n) is 6.34. The van der Waals surface area contributed by atoms with Crippen LogP contribution >= 0.6 is 0 Å². The summed E-state index contributed by atoms with van der Waals surface area (Å²) in [5.41, 5.74) is 0.474. The van der Waals surface area contributed by atoms with E-state index in [0.29, 0.717) is 36.0 Å². The van der Waals surface area contributed by atoms with Crippen LogP contribution in [-0.4, -0.2) is 70.5 Å². The maximum atomic E-state index is 12.8. The van der Waals surface area contributed by atoms with Gasteiger partial charge < -0.3 is 24.3 Å². The van der Waals surface area contributed by atoms with Crippen molar-refractivity contribution in [2.75, 3.05) is 47.6 Å². The first-order chi connectivity index (χ1) is 12.2. The van der Waals surface area contributed by atoms with Gasteiger partial charge in [0.2, 0.25) is 5.75 Å². The normalized spacial score (nSPS) is 23.5. The minimum atomic E-state index is -0.168. The number of carbonyl (C=O) groups is 1. The average Bonchev–Trinajstić information content (AvgIpc) is 3.31. The molecule has 7 heteroatoms. The highest BCUT2D eigenvalue weighted by atomic mass is 16.5. The largest absolute Gasteiger partial charge is 0.493 e. The predicted molar refractivity (Wildman–Crippen MR) is 92.8 cm³/mol. The lowest BCUT2D eigenvalue weighted by atomic mass is 10.1. The van der Waals surface area contributed by atoms with Crippen LogP contribution in [0, 0.1) is 0 Å². The number of nitrogens with zero attached hydrogens (tertiary/aromatic N) is 1. The van der Waals surface area contributed by atoms with Crippen molar-refractivity contribution in [3.63, 3.8) is 0 Å². The Kier molecular flexibility index (Phi) is 5.65. The second kappa shape index (κ2) is 7.93. The summed E-state index contributed by atoms with van der Waals surface area (Å²) in [4.78, 5) is 15.2. The van der Waals surface area contributed by atoms with Gasteiger partial charge in [0, 0.05) is 5.56 Å². The third-order valence-electron chi connectivity index (χ3n) is 4.90. The highest BCUT2D eigenvalue weighted by Gasteiger charge is 2.35. The van der Waals surface area contributed by atoms with Crippen LogP contribution in [0.15, 0.2) is 12.1 Å². The molecule has 1 aromatic rings. The first-order valence-electron chi connectivity index (χ1n) is 8.60. The van der Waals surface area contributed by atoms with Gasteiger partial charge in [0.25, 0.3) is 5.91 Å². The lowest BCUT2D eigenvalue weighted by molar-refractivity contribution is 0.0916. The van der Waals surface area contributed by atoms with E-state index >= 15 is 0 Å². The number of amides is 1. The zero-order valence-corrected chi connectivity index (χ0v) is 15.0. The van der Waals surface area contributed by atoms with E-state index in [4.69, 9.17) is 18.9 Å². The minimum Gasteiger partial charge on any atom is -0.493 e. The molecule has 2 aliphatic heterocycles. The van der Waals surface area contributed by atoms with E-state index in [2.05, 4.69) is 10.2 Å². The molecule has 25 heavy (non-hydrogen) atoms. The lowest BCUT2D eigenvalue weighted by Gasteiger charge is -2.28. The average molecular weight is 350 g/mol.